The summed E-state index contributed by atoms with van der Waals surface area (Å²) in [6, 6.07) is 15.7. The van der Waals surface area contributed by atoms with Crippen molar-refractivity contribution in [2.24, 2.45) is 5.92 Å². The van der Waals surface area contributed by atoms with Gasteiger partial charge >= 0.3 is 0 Å². The first-order chi connectivity index (χ1) is 13.7. The van der Waals surface area contributed by atoms with Gasteiger partial charge in [0.25, 0.3) is 5.56 Å². The molecule has 144 valence electrons. The number of ether oxygens (including phenoxy) is 1. The fourth-order valence-electron chi connectivity index (χ4n) is 3.55. The third-order valence-corrected chi connectivity index (χ3v) is 5.08. The number of pyridine rings is 1. The highest BCUT2D eigenvalue weighted by Gasteiger charge is 2.29. The minimum absolute atomic E-state index is 0.124. The third-order valence-electron chi connectivity index (χ3n) is 5.08. The minimum Gasteiger partial charge on any atom is -0.373 e. The molecule has 0 bridgehead atoms. The summed E-state index contributed by atoms with van der Waals surface area (Å²) >= 11 is 0. The zero-order valence-electron chi connectivity index (χ0n) is 15.9. The van der Waals surface area contributed by atoms with Gasteiger partial charge in [-0.2, -0.15) is 0 Å². The van der Waals surface area contributed by atoms with Gasteiger partial charge in [-0.05, 0) is 30.5 Å². The van der Waals surface area contributed by atoms with Crippen LogP contribution in [0.2, 0.25) is 0 Å². The summed E-state index contributed by atoms with van der Waals surface area (Å²) in [5.41, 5.74) is 2.65. The van der Waals surface area contributed by atoms with Crippen LogP contribution in [0.3, 0.4) is 0 Å². The minimum atomic E-state index is -0.141. The first kappa shape index (κ1) is 18.4. The number of aromatic amines is 1. The SMILES string of the molecule is CCc1cc(=O)[nH]c(-c2ccc(NCC3CCOC3c3ccccc3)nc2)n1. The van der Waals surface area contributed by atoms with E-state index in [1.165, 1.54) is 11.6 Å². The molecular weight excluding hydrogens is 352 g/mol. The van der Waals surface area contributed by atoms with Gasteiger partial charge in [0.15, 0.2) is 0 Å². The molecule has 6 nitrogen and oxygen atoms in total. The van der Waals surface area contributed by atoms with Crippen molar-refractivity contribution in [3.8, 4) is 11.4 Å². The van der Waals surface area contributed by atoms with Crippen molar-refractivity contribution in [1.82, 2.24) is 15.0 Å². The Morgan fingerprint density at radius 3 is 2.82 bits per heavy atom. The lowest BCUT2D eigenvalue weighted by molar-refractivity contribution is 0.0933. The van der Waals surface area contributed by atoms with E-state index in [9.17, 15) is 4.79 Å². The average Bonchev–Trinajstić information content (AvgIpc) is 3.21. The molecule has 28 heavy (non-hydrogen) atoms. The molecule has 2 aromatic heterocycles. The Labute approximate surface area is 164 Å². The van der Waals surface area contributed by atoms with Gasteiger partial charge in [0.1, 0.15) is 11.6 Å². The predicted molar refractivity (Wildman–Crippen MR) is 109 cm³/mol. The Kier molecular flexibility index (Phi) is 5.48. The van der Waals surface area contributed by atoms with Crippen LogP contribution in [0.5, 0.6) is 0 Å². The molecule has 1 aromatic carbocycles. The molecule has 2 N–H and O–H groups in total. The van der Waals surface area contributed by atoms with E-state index in [2.05, 4.69) is 32.4 Å². The molecule has 0 aliphatic carbocycles. The summed E-state index contributed by atoms with van der Waals surface area (Å²) in [7, 11) is 0. The highest BCUT2D eigenvalue weighted by atomic mass is 16.5. The Morgan fingerprint density at radius 2 is 2.07 bits per heavy atom. The zero-order valence-corrected chi connectivity index (χ0v) is 15.9. The van der Waals surface area contributed by atoms with Gasteiger partial charge in [-0.3, -0.25) is 4.79 Å². The van der Waals surface area contributed by atoms with Crippen LogP contribution in [0.15, 0.2) is 59.5 Å². The van der Waals surface area contributed by atoms with Crippen LogP contribution in [-0.4, -0.2) is 28.1 Å². The maximum atomic E-state index is 11.8. The smallest absolute Gasteiger partial charge is 0.251 e. The number of hydrogen-bond donors (Lipinski definition) is 2. The van der Waals surface area contributed by atoms with Crippen LogP contribution in [0.4, 0.5) is 5.82 Å². The number of benzene rings is 1. The average molecular weight is 376 g/mol. The molecule has 4 rings (SSSR count). The van der Waals surface area contributed by atoms with E-state index in [1.54, 1.807) is 6.20 Å². The Hall–Kier alpha value is -2.99. The standard InChI is InChI=1S/C22H24N4O2/c1-2-18-12-20(27)26-22(25-18)17-8-9-19(24-14-17)23-13-16-10-11-28-21(16)15-6-4-3-5-7-15/h3-9,12,14,16,21H,2,10-11,13H2,1H3,(H,23,24)(H,25,26,27). The lowest BCUT2D eigenvalue weighted by Crippen LogP contribution is -2.18. The molecule has 0 amide bonds. The van der Waals surface area contributed by atoms with E-state index in [0.29, 0.717) is 11.7 Å². The Morgan fingerprint density at radius 1 is 1.21 bits per heavy atom. The molecule has 0 saturated carbocycles. The van der Waals surface area contributed by atoms with Gasteiger partial charge in [-0.1, -0.05) is 37.3 Å². The molecular formula is C22H24N4O2. The molecule has 1 aliphatic rings. The predicted octanol–water partition coefficient (Wildman–Crippen LogP) is 3.58. The fraction of sp³-hybridized carbons (Fsp3) is 0.318. The topological polar surface area (TPSA) is 79.9 Å². The van der Waals surface area contributed by atoms with E-state index in [4.69, 9.17) is 4.74 Å². The number of rotatable bonds is 6. The van der Waals surface area contributed by atoms with E-state index in [0.717, 1.165) is 43.1 Å². The number of aryl methyl sites for hydroxylation is 1. The van der Waals surface area contributed by atoms with Crippen LogP contribution < -0.4 is 10.9 Å². The lowest BCUT2D eigenvalue weighted by Gasteiger charge is -2.19. The molecule has 3 heterocycles. The highest BCUT2D eigenvalue weighted by Crippen LogP contribution is 2.34. The van der Waals surface area contributed by atoms with Crippen LogP contribution in [0, 0.1) is 5.92 Å². The number of nitrogens with zero attached hydrogens (tertiary/aromatic N) is 2. The first-order valence-corrected chi connectivity index (χ1v) is 9.70. The molecule has 1 saturated heterocycles. The van der Waals surface area contributed by atoms with Gasteiger partial charge < -0.3 is 15.0 Å². The largest absolute Gasteiger partial charge is 0.373 e. The van der Waals surface area contributed by atoms with Crippen LogP contribution in [-0.2, 0) is 11.2 Å². The van der Waals surface area contributed by atoms with Gasteiger partial charge in [-0.25, -0.2) is 9.97 Å². The van der Waals surface area contributed by atoms with Gasteiger partial charge in [0.2, 0.25) is 0 Å². The van der Waals surface area contributed by atoms with E-state index < -0.39 is 0 Å². The van der Waals surface area contributed by atoms with Crippen molar-refractivity contribution in [3.63, 3.8) is 0 Å². The van der Waals surface area contributed by atoms with Crippen molar-refractivity contribution in [3.05, 3.63) is 76.3 Å². The van der Waals surface area contributed by atoms with Crippen molar-refractivity contribution in [2.75, 3.05) is 18.5 Å². The quantitative estimate of drug-likeness (QED) is 0.687. The molecule has 1 aliphatic heterocycles. The lowest BCUT2D eigenvalue weighted by atomic mass is 9.95. The molecule has 6 heteroatoms. The number of hydrogen-bond acceptors (Lipinski definition) is 5. The van der Waals surface area contributed by atoms with Crippen molar-refractivity contribution < 1.29 is 4.74 Å². The summed E-state index contributed by atoms with van der Waals surface area (Å²) in [5, 5.41) is 3.42. The molecule has 3 aromatic rings. The number of H-pyrrole nitrogens is 1. The summed E-state index contributed by atoms with van der Waals surface area (Å²) in [5.74, 6) is 1.76. The molecule has 1 fully saturated rings. The summed E-state index contributed by atoms with van der Waals surface area (Å²) in [4.78, 5) is 23.5. The van der Waals surface area contributed by atoms with Crippen LogP contribution in [0.25, 0.3) is 11.4 Å². The van der Waals surface area contributed by atoms with Crippen molar-refractivity contribution in [1.29, 1.82) is 0 Å². The van der Waals surface area contributed by atoms with Gasteiger partial charge in [-0.15, -0.1) is 0 Å². The van der Waals surface area contributed by atoms with E-state index in [-0.39, 0.29) is 11.7 Å². The molecule has 2 atom stereocenters. The monoisotopic (exact) mass is 376 g/mol. The third kappa shape index (κ3) is 4.12. The number of anilines is 1. The van der Waals surface area contributed by atoms with E-state index in [1.807, 2.05) is 37.3 Å². The van der Waals surface area contributed by atoms with Crippen LogP contribution in [0.1, 0.15) is 30.7 Å². The second kappa shape index (κ2) is 8.35. The molecule has 0 spiro atoms. The molecule has 2 unspecified atom stereocenters. The normalized spacial score (nSPS) is 18.9. The van der Waals surface area contributed by atoms with E-state index >= 15 is 0 Å². The van der Waals surface area contributed by atoms with Crippen molar-refractivity contribution >= 4 is 5.82 Å². The van der Waals surface area contributed by atoms with Crippen LogP contribution >= 0.6 is 0 Å². The summed E-state index contributed by atoms with van der Waals surface area (Å²) in [6.07, 6.45) is 3.61. The molecule has 0 radical (unpaired) electrons. The van der Waals surface area contributed by atoms with Gasteiger partial charge in [0, 0.05) is 42.6 Å². The number of nitrogens with one attached hydrogen (secondary N) is 2. The summed E-state index contributed by atoms with van der Waals surface area (Å²) in [6.45, 7) is 3.56. The first-order valence-electron chi connectivity index (χ1n) is 9.70. The van der Waals surface area contributed by atoms with Crippen molar-refractivity contribution in [2.45, 2.75) is 25.9 Å². The number of aromatic nitrogens is 3. The van der Waals surface area contributed by atoms with Gasteiger partial charge in [0.05, 0.1) is 6.10 Å². The summed E-state index contributed by atoms with van der Waals surface area (Å²) < 4.78 is 5.95. The maximum absolute atomic E-state index is 11.8. The maximum Gasteiger partial charge on any atom is 0.251 e. The highest BCUT2D eigenvalue weighted by molar-refractivity contribution is 5.55. The second-order valence-corrected chi connectivity index (χ2v) is 7.00. The Balaban J connectivity index is 1.42. The Bertz CT molecular complexity index is 970. The zero-order chi connectivity index (χ0) is 19.3. The second-order valence-electron chi connectivity index (χ2n) is 7.00. The fourth-order valence-corrected chi connectivity index (χ4v) is 3.55.